The molecule has 0 unspecified atom stereocenters. The van der Waals surface area contributed by atoms with Crippen LogP contribution in [0.4, 0.5) is 0 Å². The third kappa shape index (κ3) is 25.2. The third-order valence-corrected chi connectivity index (χ3v) is 23.4. The Labute approximate surface area is 717 Å². The minimum absolute atomic E-state index is 0.0409. The molecule has 122 heavy (non-hydrogen) atoms. The van der Waals surface area contributed by atoms with Crippen molar-refractivity contribution in [2.75, 3.05) is 19.8 Å². The quantitative estimate of drug-likeness (QED) is 0.0326. The lowest BCUT2D eigenvalue weighted by atomic mass is 9.77. The molecule has 4 heterocycles. The maximum Gasteiger partial charge on any atom is 0.115 e. The molecule has 20 atom stereocenters. The standard InChI is InChI=1S/C104H114O18/c105-94-87(120-91(71-108-60-74-34-12-1-13-35-74)99(113-65-79-44-22-6-23-45-79)102(94)116-68-82-50-28-9-29-51-82)57-56-86-85(58-88-95(106)103(117-69-83-52-30-10-31-53-83)100(114-66-80-46-24-7-25-47-80)92(121-88)72-109-61-75-36-14-2-15-37-75)97(111-63-77-40-18-4-19-41-77)98(112-64-78-42-20-5-21-43-78)90(119-86)59-89-96(107)104(118-70-84-54-32-11-33-55-84)101(115-67-81-48-26-8-27-49-81)93(122-89)73-110-62-76-38-16-3-17-39-76/h1-55,85-107H,56-73H2/t85-,86+,87-,88-,89+,90+,91+,92+,93+,94-,95-,96-,97-,98-,99+,100+,101+,102+,103+,104+/m0/s1. The van der Waals surface area contributed by atoms with E-state index in [0.717, 1.165) is 61.2 Å². The number of aliphatic hydroxyl groups excluding tert-OH is 3. The molecule has 15 rings (SSSR count). The predicted molar refractivity (Wildman–Crippen MR) is 463 cm³/mol. The Hall–Kier alpha value is -9.30. The number of aliphatic hydroxyl groups is 3. The van der Waals surface area contributed by atoms with Crippen LogP contribution >= 0.6 is 0 Å². The summed E-state index contributed by atoms with van der Waals surface area (Å²) in [4.78, 5) is 0. The summed E-state index contributed by atoms with van der Waals surface area (Å²) in [5.41, 5.74) is 10.3. The molecular formula is C104H114O18. The highest BCUT2D eigenvalue weighted by Crippen LogP contribution is 2.44. The Kier molecular flexibility index (Phi) is 33.3. The number of hydrogen-bond donors (Lipinski definition) is 3. The fraction of sp³-hybridized carbons (Fsp3) is 0.365. The third-order valence-electron chi connectivity index (χ3n) is 23.4. The second-order valence-corrected chi connectivity index (χ2v) is 32.1. The summed E-state index contributed by atoms with van der Waals surface area (Å²) in [5, 5.41) is 40.8. The van der Waals surface area contributed by atoms with E-state index in [2.05, 4.69) is 0 Å². The van der Waals surface area contributed by atoms with E-state index in [1.54, 1.807) is 0 Å². The van der Waals surface area contributed by atoms with Crippen LogP contribution in [0, 0.1) is 5.92 Å². The van der Waals surface area contributed by atoms with Gasteiger partial charge in [0.05, 0.1) is 129 Å². The highest BCUT2D eigenvalue weighted by atomic mass is 16.6. The van der Waals surface area contributed by atoms with Gasteiger partial charge in [-0.3, -0.25) is 0 Å². The molecule has 11 aromatic rings. The summed E-state index contributed by atoms with van der Waals surface area (Å²) in [5.74, 6) is -0.704. The molecular weight excluding hydrogens is 1540 g/mol. The Bertz CT molecular complexity index is 4680. The summed E-state index contributed by atoms with van der Waals surface area (Å²) in [6.07, 6.45) is -17.5. The van der Waals surface area contributed by atoms with Crippen molar-refractivity contribution in [1.29, 1.82) is 0 Å². The molecule has 4 aliphatic rings. The first-order chi connectivity index (χ1) is 60.2. The molecule has 4 saturated heterocycles. The molecule has 0 spiro atoms. The van der Waals surface area contributed by atoms with Crippen LogP contribution in [0.15, 0.2) is 334 Å². The normalized spacial score (nSPS) is 26.6. The van der Waals surface area contributed by atoms with Crippen molar-refractivity contribution in [3.63, 3.8) is 0 Å². The van der Waals surface area contributed by atoms with Crippen LogP contribution in [-0.2, 0) is 144 Å². The second kappa shape index (κ2) is 46.4. The zero-order valence-electron chi connectivity index (χ0n) is 69.0. The monoisotopic (exact) mass is 1650 g/mol. The van der Waals surface area contributed by atoms with E-state index in [1.807, 2.05) is 334 Å². The number of rotatable bonds is 43. The molecule has 0 aromatic heterocycles. The fourth-order valence-electron chi connectivity index (χ4n) is 17.0. The molecule has 0 radical (unpaired) electrons. The minimum Gasteiger partial charge on any atom is -0.388 e. The smallest absolute Gasteiger partial charge is 0.115 e. The summed E-state index contributed by atoms with van der Waals surface area (Å²) in [7, 11) is 0. The summed E-state index contributed by atoms with van der Waals surface area (Å²) < 4.78 is 108. The number of ether oxygens (including phenoxy) is 15. The number of benzene rings is 11. The van der Waals surface area contributed by atoms with Gasteiger partial charge in [0, 0.05) is 12.3 Å². The van der Waals surface area contributed by atoms with E-state index < -0.39 is 122 Å². The van der Waals surface area contributed by atoms with Crippen molar-refractivity contribution in [3.05, 3.63) is 395 Å². The average molecular weight is 1650 g/mol. The van der Waals surface area contributed by atoms with Gasteiger partial charge in [0.25, 0.3) is 0 Å². The fourth-order valence-corrected chi connectivity index (χ4v) is 17.0. The van der Waals surface area contributed by atoms with E-state index >= 15 is 0 Å². The summed E-state index contributed by atoms with van der Waals surface area (Å²) >= 11 is 0. The SMILES string of the molecule is O[C@@H]1[C@@H](OCc2ccccc2)[C@H](OCc2ccccc2)[C@@H](COCc2ccccc2)O[C@H]1CC[C@H]1O[C@H](C[C@H]2O[C@H](COCc3ccccc3)[C@@H](OCc3ccccc3)[C@H](OCc3ccccc3)[C@H]2O)[C@H](OCc2ccccc2)[C@@H](OCc2ccccc2)[C@H]1C[C@@H]1O[C@H](COCc2ccccc2)[C@@H](OCc2ccccc2)[C@H](OCc2ccccc2)[C@H]1O. The van der Waals surface area contributed by atoms with Crippen LogP contribution < -0.4 is 0 Å². The lowest BCUT2D eigenvalue weighted by Crippen LogP contribution is -2.64. The van der Waals surface area contributed by atoms with Gasteiger partial charge in [0.2, 0.25) is 0 Å². The van der Waals surface area contributed by atoms with Crippen molar-refractivity contribution in [3.8, 4) is 0 Å². The Morgan fingerprint density at radius 1 is 0.180 bits per heavy atom. The van der Waals surface area contributed by atoms with Gasteiger partial charge in [-0.1, -0.05) is 334 Å². The van der Waals surface area contributed by atoms with Crippen molar-refractivity contribution >= 4 is 0 Å². The van der Waals surface area contributed by atoms with Crippen LogP contribution in [0.25, 0.3) is 0 Å². The van der Waals surface area contributed by atoms with Gasteiger partial charge in [-0.15, -0.1) is 0 Å². The first-order valence-electron chi connectivity index (χ1n) is 43.0. The lowest BCUT2D eigenvalue weighted by Gasteiger charge is -2.52. The van der Waals surface area contributed by atoms with Gasteiger partial charge in [-0.2, -0.15) is 0 Å². The maximum absolute atomic E-state index is 13.7. The summed E-state index contributed by atoms with van der Waals surface area (Å²) in [6.45, 7) is 2.41. The molecule has 0 bridgehead atoms. The van der Waals surface area contributed by atoms with Gasteiger partial charge >= 0.3 is 0 Å². The van der Waals surface area contributed by atoms with Crippen molar-refractivity contribution in [2.24, 2.45) is 5.92 Å². The van der Waals surface area contributed by atoms with Crippen molar-refractivity contribution in [2.45, 2.75) is 214 Å². The highest BCUT2D eigenvalue weighted by molar-refractivity contribution is 5.23. The molecule has 18 heteroatoms. The molecule has 0 aliphatic carbocycles. The van der Waals surface area contributed by atoms with Gasteiger partial charge in [-0.05, 0) is 80.5 Å². The van der Waals surface area contributed by atoms with E-state index in [4.69, 9.17) is 71.1 Å². The van der Waals surface area contributed by atoms with E-state index in [0.29, 0.717) is 6.61 Å². The van der Waals surface area contributed by atoms with Gasteiger partial charge in [0.15, 0.2) is 0 Å². The molecule has 3 N–H and O–H groups in total. The Morgan fingerprint density at radius 3 is 0.631 bits per heavy atom. The van der Waals surface area contributed by atoms with Crippen molar-refractivity contribution in [1.82, 2.24) is 0 Å². The number of hydrogen-bond acceptors (Lipinski definition) is 18. The first kappa shape index (κ1) is 87.6. The van der Waals surface area contributed by atoms with Crippen LogP contribution in [0.1, 0.15) is 86.9 Å². The molecule has 638 valence electrons. The molecule has 4 aliphatic heterocycles. The Balaban J connectivity index is 0.834. The Morgan fingerprint density at radius 2 is 0.369 bits per heavy atom. The molecule has 18 nitrogen and oxygen atoms in total. The topological polar surface area (TPSA) is 199 Å². The highest BCUT2D eigenvalue weighted by Gasteiger charge is 2.56. The second-order valence-electron chi connectivity index (χ2n) is 32.1. The predicted octanol–water partition coefficient (Wildman–Crippen LogP) is 16.6. The van der Waals surface area contributed by atoms with Gasteiger partial charge in [0.1, 0.15) is 79.4 Å². The molecule has 4 fully saturated rings. The van der Waals surface area contributed by atoms with Gasteiger partial charge in [-0.25, -0.2) is 0 Å². The maximum atomic E-state index is 13.7. The van der Waals surface area contributed by atoms with E-state index in [9.17, 15) is 15.3 Å². The van der Waals surface area contributed by atoms with E-state index in [-0.39, 0.29) is 112 Å². The lowest BCUT2D eigenvalue weighted by molar-refractivity contribution is -0.291. The largest absolute Gasteiger partial charge is 0.388 e. The van der Waals surface area contributed by atoms with Gasteiger partial charge < -0.3 is 86.4 Å². The van der Waals surface area contributed by atoms with Crippen molar-refractivity contribution < 1.29 is 86.4 Å². The molecule has 0 amide bonds. The average Bonchev–Trinajstić information content (AvgIpc) is 0.765. The first-order valence-corrected chi connectivity index (χ1v) is 43.0. The van der Waals surface area contributed by atoms with Crippen LogP contribution in [-0.4, -0.2) is 151 Å². The van der Waals surface area contributed by atoms with Crippen LogP contribution in [0.5, 0.6) is 0 Å². The molecule has 0 saturated carbocycles. The van der Waals surface area contributed by atoms with Crippen LogP contribution in [0.2, 0.25) is 0 Å². The zero-order valence-corrected chi connectivity index (χ0v) is 69.0. The minimum atomic E-state index is -1.33. The van der Waals surface area contributed by atoms with E-state index in [1.165, 1.54) is 0 Å². The summed E-state index contributed by atoms with van der Waals surface area (Å²) in [6, 6.07) is 110. The zero-order chi connectivity index (χ0) is 83.1. The van der Waals surface area contributed by atoms with Crippen LogP contribution in [0.3, 0.4) is 0 Å². The molecule has 11 aromatic carbocycles.